The van der Waals surface area contributed by atoms with Gasteiger partial charge >= 0.3 is 0 Å². The molecule has 0 atom stereocenters. The molecule has 76 valence electrons. The van der Waals surface area contributed by atoms with Crippen molar-refractivity contribution in [1.82, 2.24) is 5.32 Å². The van der Waals surface area contributed by atoms with E-state index in [4.69, 9.17) is 10.5 Å². The first-order valence-corrected chi connectivity index (χ1v) is 4.29. The zero-order chi connectivity index (χ0) is 10.1. The van der Waals surface area contributed by atoms with Crippen molar-refractivity contribution in [3.8, 4) is 0 Å². The topological polar surface area (TPSA) is 81.4 Å². The lowest BCUT2D eigenvalue weighted by atomic mass is 10.3. The summed E-state index contributed by atoms with van der Waals surface area (Å²) in [6.07, 6.45) is 0.252. The first-order valence-electron chi connectivity index (χ1n) is 4.29. The van der Waals surface area contributed by atoms with Crippen LogP contribution in [-0.2, 0) is 14.3 Å². The number of nitrogens with one attached hydrogen (secondary N) is 1. The molecular formula is C8H16N2O3. The highest BCUT2D eigenvalue weighted by atomic mass is 16.5. The van der Waals surface area contributed by atoms with Gasteiger partial charge in [-0.05, 0) is 6.92 Å². The van der Waals surface area contributed by atoms with E-state index in [1.54, 1.807) is 0 Å². The normalized spacial score (nSPS) is 9.62. The number of carbonyl (C=O) groups excluding carboxylic acids is 2. The standard InChI is InChI=1S/C8H16N2O3/c1-2-13-6-5-10-8(12)4-3-7(9)11/h2-6H2,1H3,(H2,9,11)(H,10,12). The highest BCUT2D eigenvalue weighted by molar-refractivity contribution is 5.82. The first kappa shape index (κ1) is 11.9. The van der Waals surface area contributed by atoms with E-state index in [1.807, 2.05) is 6.92 Å². The summed E-state index contributed by atoms with van der Waals surface area (Å²) in [6.45, 7) is 3.50. The van der Waals surface area contributed by atoms with Crippen molar-refractivity contribution in [2.75, 3.05) is 19.8 Å². The van der Waals surface area contributed by atoms with Gasteiger partial charge in [0.05, 0.1) is 6.61 Å². The fraction of sp³-hybridized carbons (Fsp3) is 0.750. The molecular weight excluding hydrogens is 172 g/mol. The smallest absolute Gasteiger partial charge is 0.220 e. The molecule has 0 aliphatic rings. The lowest BCUT2D eigenvalue weighted by Gasteiger charge is -2.03. The van der Waals surface area contributed by atoms with Gasteiger partial charge in [-0.1, -0.05) is 0 Å². The Bertz CT molecular complexity index is 171. The number of carbonyl (C=O) groups is 2. The molecule has 0 bridgehead atoms. The summed E-state index contributed by atoms with van der Waals surface area (Å²) < 4.78 is 5.00. The van der Waals surface area contributed by atoms with Crippen LogP contribution in [0.15, 0.2) is 0 Å². The molecule has 5 heteroatoms. The molecule has 0 aromatic rings. The van der Waals surface area contributed by atoms with Crippen LogP contribution in [0.5, 0.6) is 0 Å². The Morgan fingerprint density at radius 2 is 2.08 bits per heavy atom. The number of hydrogen-bond donors (Lipinski definition) is 2. The summed E-state index contributed by atoms with van der Waals surface area (Å²) in [5.74, 6) is -0.626. The summed E-state index contributed by atoms with van der Waals surface area (Å²) in [5, 5.41) is 2.60. The van der Waals surface area contributed by atoms with Crippen LogP contribution in [0.25, 0.3) is 0 Å². The van der Waals surface area contributed by atoms with Gasteiger partial charge in [-0.2, -0.15) is 0 Å². The Kier molecular flexibility index (Phi) is 6.91. The Morgan fingerprint density at radius 1 is 1.38 bits per heavy atom. The van der Waals surface area contributed by atoms with E-state index >= 15 is 0 Å². The average molecular weight is 188 g/mol. The number of amides is 2. The second-order valence-electron chi connectivity index (χ2n) is 2.51. The molecule has 0 saturated heterocycles. The van der Waals surface area contributed by atoms with Gasteiger partial charge in [-0.3, -0.25) is 9.59 Å². The van der Waals surface area contributed by atoms with Gasteiger partial charge in [0, 0.05) is 26.0 Å². The predicted molar refractivity (Wildman–Crippen MR) is 47.9 cm³/mol. The van der Waals surface area contributed by atoms with E-state index < -0.39 is 5.91 Å². The lowest BCUT2D eigenvalue weighted by molar-refractivity contribution is -0.125. The monoisotopic (exact) mass is 188 g/mol. The van der Waals surface area contributed by atoms with E-state index in [9.17, 15) is 9.59 Å². The van der Waals surface area contributed by atoms with Crippen LogP contribution < -0.4 is 11.1 Å². The van der Waals surface area contributed by atoms with Crippen LogP contribution >= 0.6 is 0 Å². The molecule has 0 spiro atoms. The Hall–Kier alpha value is -1.10. The molecule has 0 rings (SSSR count). The minimum absolute atomic E-state index is 0.0977. The summed E-state index contributed by atoms with van der Waals surface area (Å²) in [5.41, 5.74) is 4.87. The second kappa shape index (κ2) is 7.54. The molecule has 13 heavy (non-hydrogen) atoms. The summed E-state index contributed by atoms with van der Waals surface area (Å²) in [7, 11) is 0. The third-order valence-corrected chi connectivity index (χ3v) is 1.37. The highest BCUT2D eigenvalue weighted by Gasteiger charge is 2.02. The second-order valence-corrected chi connectivity index (χ2v) is 2.51. The van der Waals surface area contributed by atoms with Gasteiger partial charge in [-0.15, -0.1) is 0 Å². The minimum Gasteiger partial charge on any atom is -0.380 e. The fourth-order valence-corrected chi connectivity index (χ4v) is 0.732. The van der Waals surface area contributed by atoms with Gasteiger partial charge < -0.3 is 15.8 Å². The number of rotatable bonds is 7. The molecule has 2 amide bonds. The third kappa shape index (κ3) is 8.81. The SMILES string of the molecule is CCOCCNC(=O)CCC(N)=O. The molecule has 5 nitrogen and oxygen atoms in total. The van der Waals surface area contributed by atoms with Crippen LogP contribution in [-0.4, -0.2) is 31.6 Å². The van der Waals surface area contributed by atoms with Crippen LogP contribution in [0.2, 0.25) is 0 Å². The Morgan fingerprint density at radius 3 is 2.62 bits per heavy atom. The van der Waals surface area contributed by atoms with Crippen molar-refractivity contribution in [3.63, 3.8) is 0 Å². The van der Waals surface area contributed by atoms with Crippen LogP contribution in [0, 0.1) is 0 Å². The van der Waals surface area contributed by atoms with Crippen molar-refractivity contribution in [2.24, 2.45) is 5.73 Å². The number of nitrogens with two attached hydrogens (primary N) is 1. The fourth-order valence-electron chi connectivity index (χ4n) is 0.732. The van der Waals surface area contributed by atoms with Crippen LogP contribution in [0.3, 0.4) is 0 Å². The van der Waals surface area contributed by atoms with Gasteiger partial charge in [0.1, 0.15) is 0 Å². The van der Waals surface area contributed by atoms with Crippen molar-refractivity contribution in [1.29, 1.82) is 0 Å². The summed E-state index contributed by atoms with van der Waals surface area (Å²) in [4.78, 5) is 21.2. The predicted octanol–water partition coefficient (Wildman–Crippen LogP) is -0.595. The van der Waals surface area contributed by atoms with Crippen molar-refractivity contribution >= 4 is 11.8 Å². The zero-order valence-electron chi connectivity index (χ0n) is 7.84. The molecule has 0 unspecified atom stereocenters. The zero-order valence-corrected chi connectivity index (χ0v) is 7.84. The summed E-state index contributed by atoms with van der Waals surface area (Å²) >= 11 is 0. The molecule has 0 aromatic carbocycles. The third-order valence-electron chi connectivity index (χ3n) is 1.37. The van der Waals surface area contributed by atoms with Crippen LogP contribution in [0.1, 0.15) is 19.8 Å². The molecule has 0 aliphatic carbocycles. The minimum atomic E-state index is -0.458. The largest absolute Gasteiger partial charge is 0.380 e. The lowest BCUT2D eigenvalue weighted by Crippen LogP contribution is -2.28. The summed E-state index contributed by atoms with van der Waals surface area (Å²) in [6, 6.07) is 0. The van der Waals surface area contributed by atoms with Crippen molar-refractivity contribution in [2.45, 2.75) is 19.8 Å². The van der Waals surface area contributed by atoms with E-state index in [-0.39, 0.29) is 18.7 Å². The van der Waals surface area contributed by atoms with Crippen molar-refractivity contribution in [3.05, 3.63) is 0 Å². The van der Waals surface area contributed by atoms with Crippen molar-refractivity contribution < 1.29 is 14.3 Å². The molecule has 0 aliphatic heterocycles. The van der Waals surface area contributed by atoms with Gasteiger partial charge in [0.15, 0.2) is 0 Å². The number of ether oxygens (including phenoxy) is 1. The van der Waals surface area contributed by atoms with E-state index in [0.29, 0.717) is 19.8 Å². The van der Waals surface area contributed by atoms with E-state index in [1.165, 1.54) is 0 Å². The molecule has 0 fully saturated rings. The average Bonchev–Trinajstić information content (AvgIpc) is 2.09. The Balaban J connectivity index is 3.25. The maximum absolute atomic E-state index is 10.9. The van der Waals surface area contributed by atoms with Gasteiger partial charge in [0.2, 0.25) is 11.8 Å². The molecule has 3 N–H and O–H groups in total. The molecule has 0 aromatic heterocycles. The molecule has 0 saturated carbocycles. The number of primary amides is 1. The molecule has 0 radical (unpaired) electrons. The van der Waals surface area contributed by atoms with Crippen LogP contribution in [0.4, 0.5) is 0 Å². The first-order chi connectivity index (χ1) is 6.16. The Labute approximate surface area is 77.6 Å². The van der Waals surface area contributed by atoms with E-state index in [0.717, 1.165) is 0 Å². The maximum atomic E-state index is 10.9. The maximum Gasteiger partial charge on any atom is 0.220 e. The number of hydrogen-bond acceptors (Lipinski definition) is 3. The highest BCUT2D eigenvalue weighted by Crippen LogP contribution is 1.86. The van der Waals surface area contributed by atoms with Gasteiger partial charge in [-0.25, -0.2) is 0 Å². The van der Waals surface area contributed by atoms with E-state index in [2.05, 4.69) is 5.32 Å². The quantitative estimate of drug-likeness (QED) is 0.524. The van der Waals surface area contributed by atoms with Gasteiger partial charge in [0.25, 0.3) is 0 Å². The molecule has 0 heterocycles.